The predicted molar refractivity (Wildman–Crippen MR) is 134 cm³/mol. The van der Waals surface area contributed by atoms with Gasteiger partial charge in [-0.3, -0.25) is 14.4 Å². The van der Waals surface area contributed by atoms with Crippen molar-refractivity contribution in [3.05, 3.63) is 0 Å². The molecule has 4 fully saturated rings. The molecule has 0 aromatic rings. The molecule has 11 nitrogen and oxygen atoms in total. The Kier molecular flexibility index (Phi) is 8.63. The highest BCUT2D eigenvalue weighted by molar-refractivity contribution is 5.93. The lowest BCUT2D eigenvalue weighted by atomic mass is 9.95. The van der Waals surface area contributed by atoms with E-state index >= 15 is 0 Å². The average Bonchev–Trinajstić information content (AvgIpc) is 3.22. The van der Waals surface area contributed by atoms with Gasteiger partial charge in [0.1, 0.15) is 17.7 Å². The molecule has 0 spiro atoms. The second-order valence-corrected chi connectivity index (χ2v) is 11.5. The Morgan fingerprint density at radius 3 is 2.32 bits per heavy atom. The molecule has 0 aliphatic carbocycles. The fourth-order valence-corrected chi connectivity index (χ4v) is 5.81. The molecule has 0 bridgehead atoms. The van der Waals surface area contributed by atoms with Crippen molar-refractivity contribution in [3.63, 3.8) is 0 Å². The minimum Gasteiger partial charge on any atom is -0.444 e. The number of ether oxygens (including phenoxy) is 3. The van der Waals surface area contributed by atoms with Crippen LogP contribution < -0.4 is 5.32 Å². The minimum atomic E-state index is -0.838. The highest BCUT2D eigenvalue weighted by Gasteiger charge is 2.49. The van der Waals surface area contributed by atoms with Crippen LogP contribution in [0.4, 0.5) is 4.79 Å². The van der Waals surface area contributed by atoms with E-state index in [9.17, 15) is 19.2 Å². The maximum absolute atomic E-state index is 13.8. The maximum atomic E-state index is 13.8. The molecule has 0 unspecified atom stereocenters. The highest BCUT2D eigenvalue weighted by Crippen LogP contribution is 2.34. The van der Waals surface area contributed by atoms with E-state index in [-0.39, 0.29) is 35.8 Å². The van der Waals surface area contributed by atoms with E-state index in [1.54, 1.807) is 30.6 Å². The van der Waals surface area contributed by atoms with E-state index in [1.165, 1.54) is 0 Å². The Hall–Kier alpha value is -2.40. The number of carbonyl (C=O) groups is 4. The van der Waals surface area contributed by atoms with Gasteiger partial charge in [-0.2, -0.15) is 0 Å². The van der Waals surface area contributed by atoms with Crippen LogP contribution in [0.1, 0.15) is 59.8 Å². The average molecular weight is 523 g/mol. The highest BCUT2D eigenvalue weighted by atomic mass is 16.6. The van der Waals surface area contributed by atoms with Gasteiger partial charge in [0.25, 0.3) is 0 Å². The summed E-state index contributed by atoms with van der Waals surface area (Å²) in [4.78, 5) is 57.9. The summed E-state index contributed by atoms with van der Waals surface area (Å²) >= 11 is 0. The van der Waals surface area contributed by atoms with E-state index in [4.69, 9.17) is 14.2 Å². The van der Waals surface area contributed by atoms with Gasteiger partial charge in [0.05, 0.1) is 25.2 Å². The first-order valence-electron chi connectivity index (χ1n) is 13.7. The molecule has 4 saturated heterocycles. The van der Waals surface area contributed by atoms with Gasteiger partial charge in [-0.15, -0.1) is 0 Å². The van der Waals surface area contributed by atoms with Gasteiger partial charge < -0.3 is 34.2 Å². The number of rotatable bonds is 5. The number of hydrogen-bond acceptors (Lipinski definition) is 7. The maximum Gasteiger partial charge on any atom is 0.408 e. The van der Waals surface area contributed by atoms with E-state index in [1.807, 2.05) is 11.8 Å². The molecule has 37 heavy (non-hydrogen) atoms. The first-order valence-corrected chi connectivity index (χ1v) is 13.7. The SMILES string of the molecule is CCO[C@H]1CC[C@H]2CC[C@@H](C(=O)N3CC(C(=O)N4CCOCC4)C3)N2C(=O)[C@@H](NC(=O)OC(C)(C)C)C1. The Morgan fingerprint density at radius 1 is 1.00 bits per heavy atom. The van der Waals surface area contributed by atoms with Gasteiger partial charge in [-0.25, -0.2) is 4.79 Å². The summed E-state index contributed by atoms with van der Waals surface area (Å²) in [5, 5.41) is 2.75. The molecule has 4 heterocycles. The first-order chi connectivity index (χ1) is 17.6. The number of alkyl carbamates (subject to hydrolysis) is 1. The molecule has 0 aromatic heterocycles. The van der Waals surface area contributed by atoms with Gasteiger partial charge in [-0.1, -0.05) is 0 Å². The third-order valence-corrected chi connectivity index (χ3v) is 7.62. The fourth-order valence-electron chi connectivity index (χ4n) is 5.81. The van der Waals surface area contributed by atoms with Crippen LogP contribution in [0.25, 0.3) is 0 Å². The number of morpholine rings is 1. The van der Waals surface area contributed by atoms with Crippen molar-refractivity contribution in [2.45, 2.75) is 89.6 Å². The molecule has 11 heteroatoms. The van der Waals surface area contributed by atoms with Gasteiger partial charge in [-0.05, 0) is 53.4 Å². The Morgan fingerprint density at radius 2 is 1.68 bits per heavy atom. The second-order valence-electron chi connectivity index (χ2n) is 11.5. The van der Waals surface area contributed by atoms with E-state index in [0.717, 1.165) is 19.3 Å². The van der Waals surface area contributed by atoms with Crippen molar-refractivity contribution >= 4 is 23.8 Å². The van der Waals surface area contributed by atoms with Crippen molar-refractivity contribution in [2.24, 2.45) is 5.92 Å². The van der Waals surface area contributed by atoms with Crippen molar-refractivity contribution < 1.29 is 33.4 Å². The van der Waals surface area contributed by atoms with Crippen LogP contribution in [0.15, 0.2) is 0 Å². The summed E-state index contributed by atoms with van der Waals surface area (Å²) in [6.07, 6.45) is 2.31. The largest absolute Gasteiger partial charge is 0.444 e. The van der Waals surface area contributed by atoms with E-state index < -0.39 is 23.8 Å². The summed E-state index contributed by atoms with van der Waals surface area (Å²) in [6, 6.07) is -1.50. The number of nitrogens with one attached hydrogen (secondary N) is 1. The lowest BCUT2D eigenvalue weighted by molar-refractivity contribution is -0.157. The third-order valence-electron chi connectivity index (χ3n) is 7.62. The molecule has 4 amide bonds. The number of likely N-dealkylation sites (tertiary alicyclic amines) is 1. The van der Waals surface area contributed by atoms with Gasteiger partial charge in [0, 0.05) is 45.2 Å². The zero-order chi connectivity index (χ0) is 26.7. The molecule has 4 aliphatic heterocycles. The van der Waals surface area contributed by atoms with Crippen LogP contribution in [-0.2, 0) is 28.6 Å². The van der Waals surface area contributed by atoms with Crippen LogP contribution in [-0.4, -0.2) is 114 Å². The molecule has 4 rings (SSSR count). The molecule has 0 radical (unpaired) electrons. The Balaban J connectivity index is 1.42. The molecule has 0 saturated carbocycles. The molecule has 4 atom stereocenters. The molecular weight excluding hydrogens is 480 g/mol. The summed E-state index contributed by atoms with van der Waals surface area (Å²) in [5.41, 5.74) is -0.699. The van der Waals surface area contributed by atoms with Crippen LogP contribution in [0, 0.1) is 5.92 Å². The number of hydrogen-bond donors (Lipinski definition) is 1. The van der Waals surface area contributed by atoms with E-state index in [2.05, 4.69) is 5.32 Å². The first kappa shape index (κ1) is 27.6. The molecule has 208 valence electrons. The summed E-state index contributed by atoms with van der Waals surface area (Å²) in [5.74, 6) is -0.504. The fraction of sp³-hybridized carbons (Fsp3) is 0.846. The van der Waals surface area contributed by atoms with Gasteiger partial charge in [0.15, 0.2) is 0 Å². The molecule has 4 aliphatic rings. The second kappa shape index (κ2) is 11.6. The number of carbonyl (C=O) groups excluding carboxylic acids is 4. The normalized spacial score (nSPS) is 29.2. The smallest absolute Gasteiger partial charge is 0.408 e. The molecule has 1 N–H and O–H groups in total. The van der Waals surface area contributed by atoms with Crippen LogP contribution in [0.2, 0.25) is 0 Å². The van der Waals surface area contributed by atoms with Gasteiger partial charge >= 0.3 is 6.09 Å². The summed E-state index contributed by atoms with van der Waals surface area (Å²) < 4.78 is 16.6. The third kappa shape index (κ3) is 6.54. The van der Waals surface area contributed by atoms with Crippen LogP contribution in [0.3, 0.4) is 0 Å². The lowest BCUT2D eigenvalue weighted by Crippen LogP contribution is -2.63. The van der Waals surface area contributed by atoms with E-state index in [0.29, 0.717) is 58.8 Å². The summed E-state index contributed by atoms with van der Waals surface area (Å²) in [7, 11) is 0. The van der Waals surface area contributed by atoms with Crippen molar-refractivity contribution in [1.82, 2.24) is 20.0 Å². The predicted octanol–water partition coefficient (Wildman–Crippen LogP) is 1.15. The van der Waals surface area contributed by atoms with Crippen LogP contribution in [0.5, 0.6) is 0 Å². The molecular formula is C26H42N4O7. The zero-order valence-corrected chi connectivity index (χ0v) is 22.6. The van der Waals surface area contributed by atoms with Crippen molar-refractivity contribution in [3.8, 4) is 0 Å². The quantitative estimate of drug-likeness (QED) is 0.575. The molecule has 0 aromatic carbocycles. The van der Waals surface area contributed by atoms with Gasteiger partial charge in [0.2, 0.25) is 17.7 Å². The Labute approximate surface area is 219 Å². The number of fused-ring (bicyclic) bond motifs is 1. The van der Waals surface area contributed by atoms with Crippen LogP contribution >= 0.6 is 0 Å². The Bertz CT molecular complexity index is 863. The number of amides is 4. The monoisotopic (exact) mass is 522 g/mol. The number of nitrogens with zero attached hydrogens (tertiary/aromatic N) is 3. The topological polar surface area (TPSA) is 118 Å². The zero-order valence-electron chi connectivity index (χ0n) is 22.6. The van der Waals surface area contributed by atoms with Crippen molar-refractivity contribution in [1.29, 1.82) is 0 Å². The minimum absolute atomic E-state index is 0.0718. The lowest BCUT2D eigenvalue weighted by Gasteiger charge is -2.44. The standard InChI is InChI=1S/C26H42N4O7/c1-5-36-19-8-6-18-7-9-21(30(18)23(32)20(14-19)27-25(34)37-26(2,3)4)24(33)29-15-17(16-29)22(31)28-10-12-35-13-11-28/h17-21H,5-16H2,1-4H3,(H,27,34)/t18-,19-,20-,21-/m0/s1. The summed E-state index contributed by atoms with van der Waals surface area (Å²) in [6.45, 7) is 10.8. The van der Waals surface area contributed by atoms with Crippen molar-refractivity contribution in [2.75, 3.05) is 46.0 Å².